The number of aromatic nitrogens is 4. The van der Waals surface area contributed by atoms with Gasteiger partial charge in [0.1, 0.15) is 0 Å². The van der Waals surface area contributed by atoms with E-state index in [1.165, 1.54) is 11.8 Å². The molecule has 94 valence electrons. The number of hydrogen-bond donors (Lipinski definition) is 1. The van der Waals surface area contributed by atoms with E-state index >= 15 is 0 Å². The number of benzene rings is 1. The molecule has 0 atom stereocenters. The summed E-state index contributed by atoms with van der Waals surface area (Å²) < 4.78 is 1.66. The number of tetrazole rings is 1. The van der Waals surface area contributed by atoms with Crippen LogP contribution >= 0.6 is 11.8 Å². The van der Waals surface area contributed by atoms with E-state index in [2.05, 4.69) is 20.8 Å². The summed E-state index contributed by atoms with van der Waals surface area (Å²) in [5, 5.41) is 14.8. The van der Waals surface area contributed by atoms with Crippen LogP contribution in [0.4, 0.5) is 0 Å². The molecular formula is C11H13N5OS. The highest BCUT2D eigenvalue weighted by molar-refractivity contribution is 7.99. The first-order valence-corrected chi connectivity index (χ1v) is 6.47. The minimum Gasteiger partial charge on any atom is -0.359 e. The molecule has 1 aromatic heterocycles. The second-order valence-electron chi connectivity index (χ2n) is 3.48. The Bertz CT molecular complexity index is 513. The van der Waals surface area contributed by atoms with Gasteiger partial charge in [-0.15, -0.1) is 5.10 Å². The van der Waals surface area contributed by atoms with Crippen LogP contribution < -0.4 is 5.32 Å². The average molecular weight is 263 g/mol. The van der Waals surface area contributed by atoms with Crippen LogP contribution in [0.5, 0.6) is 0 Å². The van der Waals surface area contributed by atoms with Crippen LogP contribution in [0.3, 0.4) is 0 Å². The molecule has 0 aliphatic heterocycles. The summed E-state index contributed by atoms with van der Waals surface area (Å²) in [6.07, 6.45) is 0.447. The Balaban J connectivity index is 2.03. The van der Waals surface area contributed by atoms with E-state index in [-0.39, 0.29) is 5.91 Å². The Hall–Kier alpha value is -1.89. The van der Waals surface area contributed by atoms with E-state index in [9.17, 15) is 4.79 Å². The van der Waals surface area contributed by atoms with Gasteiger partial charge in [0.2, 0.25) is 11.1 Å². The standard InChI is InChI=1S/C11H13N5OS/c1-12-10(17)7-8-18-11-13-14-15-16(11)9-5-3-2-4-6-9/h2-6H,7-8H2,1H3,(H,12,17). The number of hydrogen-bond acceptors (Lipinski definition) is 5. The third kappa shape index (κ3) is 3.07. The lowest BCUT2D eigenvalue weighted by molar-refractivity contribution is -0.120. The Kier molecular flexibility index (Phi) is 4.30. The van der Waals surface area contributed by atoms with Crippen molar-refractivity contribution in [3.8, 4) is 5.69 Å². The normalized spacial score (nSPS) is 10.3. The van der Waals surface area contributed by atoms with Gasteiger partial charge in [-0.25, -0.2) is 0 Å². The van der Waals surface area contributed by atoms with Gasteiger partial charge >= 0.3 is 0 Å². The van der Waals surface area contributed by atoms with E-state index < -0.39 is 0 Å². The van der Waals surface area contributed by atoms with Crippen molar-refractivity contribution < 1.29 is 4.79 Å². The van der Waals surface area contributed by atoms with Crippen molar-refractivity contribution in [3.05, 3.63) is 30.3 Å². The van der Waals surface area contributed by atoms with Gasteiger partial charge < -0.3 is 5.32 Å². The fourth-order valence-electron chi connectivity index (χ4n) is 1.36. The number of para-hydroxylation sites is 1. The minimum atomic E-state index is 0.0150. The first kappa shape index (κ1) is 12.6. The van der Waals surface area contributed by atoms with Gasteiger partial charge in [0.25, 0.3) is 0 Å². The second-order valence-corrected chi connectivity index (χ2v) is 4.54. The molecule has 2 aromatic rings. The Morgan fingerprint density at radius 3 is 2.89 bits per heavy atom. The van der Waals surface area contributed by atoms with Crippen LogP contribution in [0.25, 0.3) is 5.69 Å². The van der Waals surface area contributed by atoms with Crippen LogP contribution in [0, 0.1) is 0 Å². The van der Waals surface area contributed by atoms with Crippen LogP contribution in [-0.2, 0) is 4.79 Å². The van der Waals surface area contributed by atoms with Crippen LogP contribution in [0.2, 0.25) is 0 Å². The van der Waals surface area contributed by atoms with Gasteiger partial charge in [0.05, 0.1) is 5.69 Å². The predicted molar refractivity (Wildman–Crippen MR) is 68.6 cm³/mol. The number of nitrogens with zero attached hydrogens (tertiary/aromatic N) is 4. The van der Waals surface area contributed by atoms with Crippen molar-refractivity contribution in [1.82, 2.24) is 25.5 Å². The molecular weight excluding hydrogens is 250 g/mol. The molecule has 0 fully saturated rings. The number of carbonyl (C=O) groups is 1. The number of thioether (sulfide) groups is 1. The summed E-state index contributed by atoms with van der Waals surface area (Å²) in [6, 6.07) is 9.65. The average Bonchev–Trinajstić information content (AvgIpc) is 2.88. The van der Waals surface area contributed by atoms with Crippen LogP contribution in [-0.4, -0.2) is 38.9 Å². The number of rotatable bonds is 5. The van der Waals surface area contributed by atoms with Gasteiger partial charge in [-0.2, -0.15) is 4.68 Å². The minimum absolute atomic E-state index is 0.0150. The molecule has 1 aromatic carbocycles. The SMILES string of the molecule is CNC(=O)CCSc1nnnn1-c1ccccc1. The largest absolute Gasteiger partial charge is 0.359 e. The molecule has 0 unspecified atom stereocenters. The lowest BCUT2D eigenvalue weighted by atomic mass is 10.3. The highest BCUT2D eigenvalue weighted by atomic mass is 32.2. The first-order valence-electron chi connectivity index (χ1n) is 5.48. The highest BCUT2D eigenvalue weighted by Gasteiger charge is 2.09. The summed E-state index contributed by atoms with van der Waals surface area (Å²) in [5.74, 6) is 0.661. The van der Waals surface area contributed by atoms with Gasteiger partial charge in [0, 0.05) is 19.2 Å². The van der Waals surface area contributed by atoms with Crippen molar-refractivity contribution in [2.45, 2.75) is 11.6 Å². The smallest absolute Gasteiger partial charge is 0.220 e. The van der Waals surface area contributed by atoms with E-state index in [1.54, 1.807) is 11.7 Å². The zero-order chi connectivity index (χ0) is 12.8. The Labute approximate surface area is 109 Å². The molecule has 2 rings (SSSR count). The first-order chi connectivity index (χ1) is 8.81. The van der Waals surface area contributed by atoms with E-state index in [0.29, 0.717) is 17.3 Å². The molecule has 1 amide bonds. The Morgan fingerprint density at radius 2 is 2.17 bits per heavy atom. The van der Waals surface area contributed by atoms with E-state index in [4.69, 9.17) is 0 Å². The summed E-state index contributed by atoms with van der Waals surface area (Å²) >= 11 is 1.46. The van der Waals surface area contributed by atoms with Gasteiger partial charge in [0.15, 0.2) is 0 Å². The van der Waals surface area contributed by atoms with E-state index in [1.807, 2.05) is 30.3 Å². The number of nitrogens with one attached hydrogen (secondary N) is 1. The summed E-state index contributed by atoms with van der Waals surface area (Å²) in [4.78, 5) is 11.1. The van der Waals surface area contributed by atoms with Gasteiger partial charge in [-0.3, -0.25) is 4.79 Å². The topological polar surface area (TPSA) is 72.7 Å². The third-order valence-electron chi connectivity index (χ3n) is 2.28. The molecule has 0 radical (unpaired) electrons. The molecule has 6 nitrogen and oxygen atoms in total. The van der Waals surface area contributed by atoms with Gasteiger partial charge in [-0.05, 0) is 22.6 Å². The maximum Gasteiger partial charge on any atom is 0.220 e. The lowest BCUT2D eigenvalue weighted by Gasteiger charge is -2.03. The Morgan fingerprint density at radius 1 is 1.39 bits per heavy atom. The maximum absolute atomic E-state index is 11.1. The quantitative estimate of drug-likeness (QED) is 0.811. The zero-order valence-corrected chi connectivity index (χ0v) is 10.7. The highest BCUT2D eigenvalue weighted by Crippen LogP contribution is 2.18. The molecule has 0 bridgehead atoms. The summed E-state index contributed by atoms with van der Waals surface area (Å²) in [6.45, 7) is 0. The number of amides is 1. The van der Waals surface area contributed by atoms with Crippen molar-refractivity contribution in [2.75, 3.05) is 12.8 Å². The van der Waals surface area contributed by atoms with Gasteiger partial charge in [-0.1, -0.05) is 30.0 Å². The molecule has 7 heteroatoms. The van der Waals surface area contributed by atoms with Crippen molar-refractivity contribution in [1.29, 1.82) is 0 Å². The van der Waals surface area contributed by atoms with Crippen molar-refractivity contribution in [3.63, 3.8) is 0 Å². The lowest BCUT2D eigenvalue weighted by Crippen LogP contribution is -2.17. The third-order valence-corrected chi connectivity index (χ3v) is 3.20. The zero-order valence-electron chi connectivity index (χ0n) is 9.91. The predicted octanol–water partition coefficient (Wildman–Crippen LogP) is 0.890. The fraction of sp³-hybridized carbons (Fsp3) is 0.273. The molecule has 18 heavy (non-hydrogen) atoms. The maximum atomic E-state index is 11.1. The number of carbonyl (C=O) groups excluding carboxylic acids is 1. The van der Waals surface area contributed by atoms with Crippen molar-refractivity contribution in [2.24, 2.45) is 0 Å². The second kappa shape index (κ2) is 6.15. The van der Waals surface area contributed by atoms with Crippen LogP contribution in [0.1, 0.15) is 6.42 Å². The fourth-order valence-corrected chi connectivity index (χ4v) is 2.19. The van der Waals surface area contributed by atoms with Crippen molar-refractivity contribution >= 4 is 17.7 Å². The summed E-state index contributed by atoms with van der Waals surface area (Å²) in [5.41, 5.74) is 0.907. The molecule has 0 spiro atoms. The molecule has 0 aliphatic rings. The molecule has 1 heterocycles. The monoisotopic (exact) mass is 263 g/mol. The molecule has 1 N–H and O–H groups in total. The molecule has 0 saturated carbocycles. The molecule has 0 saturated heterocycles. The summed E-state index contributed by atoms with van der Waals surface area (Å²) in [7, 11) is 1.63. The van der Waals surface area contributed by atoms with E-state index in [0.717, 1.165) is 5.69 Å². The van der Waals surface area contributed by atoms with Crippen LogP contribution in [0.15, 0.2) is 35.5 Å². The molecule has 0 aliphatic carbocycles.